The van der Waals surface area contributed by atoms with Gasteiger partial charge in [-0.15, -0.1) is 0 Å². The largest absolute Gasteiger partial charge is 0.399 e. The third kappa shape index (κ3) is 4.33. The molecule has 1 unspecified atom stereocenters. The predicted molar refractivity (Wildman–Crippen MR) is 91.4 cm³/mol. The van der Waals surface area contributed by atoms with Crippen LogP contribution in [0.2, 0.25) is 0 Å². The van der Waals surface area contributed by atoms with Crippen molar-refractivity contribution in [3.05, 3.63) is 58.1 Å². The average molecular weight is 347 g/mol. The smallest absolute Gasteiger partial charge is 0.224 e. The fourth-order valence-corrected chi connectivity index (χ4v) is 2.66. The van der Waals surface area contributed by atoms with E-state index in [1.54, 1.807) is 0 Å². The Hall–Kier alpha value is -1.81. The third-order valence-corrected chi connectivity index (χ3v) is 3.95. The molecule has 0 fully saturated rings. The van der Waals surface area contributed by atoms with E-state index in [9.17, 15) is 4.79 Å². The molecule has 2 aromatic rings. The topological polar surface area (TPSA) is 55.1 Å². The quantitative estimate of drug-likeness (QED) is 0.802. The van der Waals surface area contributed by atoms with Crippen molar-refractivity contribution in [3.8, 4) is 0 Å². The van der Waals surface area contributed by atoms with E-state index in [1.165, 1.54) is 0 Å². The van der Waals surface area contributed by atoms with Crippen LogP contribution in [0.3, 0.4) is 0 Å². The molecular weight excluding hydrogens is 328 g/mol. The summed E-state index contributed by atoms with van der Waals surface area (Å²) in [5.74, 6) is 0.172. The summed E-state index contributed by atoms with van der Waals surface area (Å²) in [4.78, 5) is 12.2. The third-order valence-electron chi connectivity index (χ3n) is 3.46. The molecule has 0 radical (unpaired) electrons. The maximum absolute atomic E-state index is 12.2. The van der Waals surface area contributed by atoms with Crippen LogP contribution >= 0.6 is 15.9 Å². The van der Waals surface area contributed by atoms with Crippen molar-refractivity contribution in [2.45, 2.75) is 26.2 Å². The number of nitrogens with one attached hydrogen (secondary N) is 1. The highest BCUT2D eigenvalue weighted by Gasteiger charge is 2.12. The first kappa shape index (κ1) is 15.6. The molecule has 0 saturated carbocycles. The van der Waals surface area contributed by atoms with E-state index >= 15 is 0 Å². The molecule has 110 valence electrons. The predicted octanol–water partition coefficient (Wildman–Crippen LogP) is 4.47. The molecule has 21 heavy (non-hydrogen) atoms. The highest BCUT2D eigenvalue weighted by atomic mass is 79.9. The highest BCUT2D eigenvalue weighted by molar-refractivity contribution is 9.10. The molecule has 3 N–H and O–H groups in total. The lowest BCUT2D eigenvalue weighted by Crippen LogP contribution is -2.15. The highest BCUT2D eigenvalue weighted by Crippen LogP contribution is 2.23. The van der Waals surface area contributed by atoms with Gasteiger partial charge >= 0.3 is 0 Å². The number of carbonyl (C=O) groups excluding carboxylic acids is 1. The summed E-state index contributed by atoms with van der Waals surface area (Å²) >= 11 is 3.42. The summed E-state index contributed by atoms with van der Waals surface area (Å²) in [5.41, 5.74) is 9.42. The number of aryl methyl sites for hydroxylation is 1. The molecule has 0 aliphatic heterocycles. The number of nitrogens with two attached hydrogens (primary N) is 1. The van der Waals surface area contributed by atoms with Crippen LogP contribution in [0.5, 0.6) is 0 Å². The number of halogens is 1. The maximum atomic E-state index is 12.2. The zero-order chi connectivity index (χ0) is 15.4. The molecule has 0 aromatic heterocycles. The molecule has 0 saturated heterocycles. The maximum Gasteiger partial charge on any atom is 0.224 e. The van der Waals surface area contributed by atoms with Crippen LogP contribution in [0.15, 0.2) is 46.9 Å². The Morgan fingerprint density at radius 3 is 2.52 bits per heavy atom. The van der Waals surface area contributed by atoms with Gasteiger partial charge in [0, 0.05) is 22.3 Å². The van der Waals surface area contributed by atoms with Crippen molar-refractivity contribution in [2.24, 2.45) is 0 Å². The molecular formula is C17H19BrN2O. The Labute approximate surface area is 133 Å². The van der Waals surface area contributed by atoms with Crippen molar-refractivity contribution in [3.63, 3.8) is 0 Å². The van der Waals surface area contributed by atoms with Crippen LogP contribution in [0.25, 0.3) is 0 Å². The summed E-state index contributed by atoms with van der Waals surface area (Å²) in [5, 5.41) is 2.97. The van der Waals surface area contributed by atoms with Crippen LogP contribution in [0.4, 0.5) is 11.4 Å². The minimum Gasteiger partial charge on any atom is -0.399 e. The molecule has 0 aliphatic rings. The summed E-state index contributed by atoms with van der Waals surface area (Å²) in [6, 6.07) is 13.5. The Morgan fingerprint density at radius 2 is 1.90 bits per heavy atom. The Morgan fingerprint density at radius 1 is 1.24 bits per heavy atom. The van der Waals surface area contributed by atoms with Crippen LogP contribution < -0.4 is 11.1 Å². The first-order valence-electron chi connectivity index (χ1n) is 6.87. The van der Waals surface area contributed by atoms with Gasteiger partial charge in [-0.05, 0) is 54.3 Å². The van der Waals surface area contributed by atoms with Crippen molar-refractivity contribution in [1.82, 2.24) is 0 Å². The van der Waals surface area contributed by atoms with Gasteiger partial charge in [-0.25, -0.2) is 0 Å². The van der Waals surface area contributed by atoms with Gasteiger partial charge in [0.15, 0.2) is 0 Å². The number of nitrogen functional groups attached to an aromatic ring is 1. The van der Waals surface area contributed by atoms with E-state index in [0.717, 1.165) is 27.0 Å². The van der Waals surface area contributed by atoms with Crippen molar-refractivity contribution >= 4 is 33.2 Å². The second-order valence-electron chi connectivity index (χ2n) is 5.28. The summed E-state index contributed by atoms with van der Waals surface area (Å²) in [6.07, 6.45) is 0.444. The summed E-state index contributed by atoms with van der Waals surface area (Å²) in [7, 11) is 0. The SMILES string of the molecule is Cc1cc(Br)ccc1NC(=O)CC(C)c1ccc(N)cc1. The fraction of sp³-hybridized carbons (Fsp3) is 0.235. The molecule has 4 heteroatoms. The molecule has 0 aliphatic carbocycles. The molecule has 0 spiro atoms. The second kappa shape index (κ2) is 6.76. The van der Waals surface area contributed by atoms with Crippen LogP contribution in [-0.2, 0) is 4.79 Å². The summed E-state index contributed by atoms with van der Waals surface area (Å²) in [6.45, 7) is 4.02. The van der Waals surface area contributed by atoms with Gasteiger partial charge in [-0.1, -0.05) is 35.0 Å². The number of carbonyl (C=O) groups is 1. The van der Waals surface area contributed by atoms with Gasteiger partial charge in [-0.3, -0.25) is 4.79 Å². The van der Waals surface area contributed by atoms with E-state index < -0.39 is 0 Å². The standard InChI is InChI=1S/C17H19BrN2O/c1-11(13-3-6-15(19)7-4-13)10-17(21)20-16-8-5-14(18)9-12(16)2/h3-9,11H,10,19H2,1-2H3,(H,20,21). The van der Waals surface area contributed by atoms with Gasteiger partial charge < -0.3 is 11.1 Å². The van der Waals surface area contributed by atoms with Crippen molar-refractivity contribution in [1.29, 1.82) is 0 Å². The van der Waals surface area contributed by atoms with E-state index in [4.69, 9.17) is 5.73 Å². The van der Waals surface area contributed by atoms with E-state index in [0.29, 0.717) is 6.42 Å². The lowest BCUT2D eigenvalue weighted by atomic mass is 9.97. The fourth-order valence-electron chi connectivity index (χ4n) is 2.19. The van der Waals surface area contributed by atoms with E-state index in [2.05, 4.69) is 21.2 Å². The molecule has 2 aromatic carbocycles. The molecule has 0 bridgehead atoms. The zero-order valence-electron chi connectivity index (χ0n) is 12.2. The molecule has 2 rings (SSSR count). The van der Waals surface area contributed by atoms with E-state index in [1.807, 2.05) is 56.3 Å². The number of amides is 1. The first-order valence-corrected chi connectivity index (χ1v) is 7.66. The lowest BCUT2D eigenvalue weighted by Gasteiger charge is -2.13. The monoisotopic (exact) mass is 346 g/mol. The number of anilines is 2. The number of benzene rings is 2. The normalized spacial score (nSPS) is 12.0. The van der Waals surface area contributed by atoms with Crippen LogP contribution in [0, 0.1) is 6.92 Å². The Bertz CT molecular complexity index is 638. The number of hydrogen-bond donors (Lipinski definition) is 2. The van der Waals surface area contributed by atoms with Gasteiger partial charge in [0.25, 0.3) is 0 Å². The molecule has 1 amide bonds. The van der Waals surface area contributed by atoms with Gasteiger partial charge in [0.2, 0.25) is 5.91 Å². The zero-order valence-corrected chi connectivity index (χ0v) is 13.8. The van der Waals surface area contributed by atoms with Gasteiger partial charge in [0.05, 0.1) is 0 Å². The van der Waals surface area contributed by atoms with Gasteiger partial charge in [0.1, 0.15) is 0 Å². The number of hydrogen-bond acceptors (Lipinski definition) is 2. The van der Waals surface area contributed by atoms with Crippen molar-refractivity contribution < 1.29 is 4.79 Å². The minimum absolute atomic E-state index is 0.0183. The number of rotatable bonds is 4. The van der Waals surface area contributed by atoms with E-state index in [-0.39, 0.29) is 11.8 Å². The summed E-state index contributed by atoms with van der Waals surface area (Å²) < 4.78 is 1.01. The van der Waals surface area contributed by atoms with Crippen molar-refractivity contribution in [2.75, 3.05) is 11.1 Å². The Balaban J connectivity index is 1.99. The lowest BCUT2D eigenvalue weighted by molar-refractivity contribution is -0.116. The average Bonchev–Trinajstić information content (AvgIpc) is 2.42. The van der Waals surface area contributed by atoms with Crippen LogP contribution in [0.1, 0.15) is 30.4 Å². The molecule has 1 atom stereocenters. The Kier molecular flexibility index (Phi) is 5.02. The minimum atomic E-state index is 0.0183. The molecule has 0 heterocycles. The van der Waals surface area contributed by atoms with Gasteiger partial charge in [-0.2, -0.15) is 0 Å². The molecule has 3 nitrogen and oxygen atoms in total. The second-order valence-corrected chi connectivity index (χ2v) is 6.19. The first-order chi connectivity index (χ1) is 9.95. The van der Waals surface area contributed by atoms with Crippen LogP contribution in [-0.4, -0.2) is 5.91 Å².